The third-order valence-corrected chi connectivity index (χ3v) is 4.84. The lowest BCUT2D eigenvalue weighted by Gasteiger charge is -2.13. The number of benzene rings is 2. The first-order valence-corrected chi connectivity index (χ1v) is 9.52. The number of aromatic nitrogens is 4. The minimum absolute atomic E-state index is 0.0819. The molecular weight excluding hydrogens is 372 g/mol. The SMILES string of the molecule is CNC(=O)c1ccc(C[NH+](C)Cn2nnn(-c3cc(C)cc(C)c3)c2=S)cc1. The van der Waals surface area contributed by atoms with Gasteiger partial charge in [0.15, 0.2) is 6.67 Å². The first kappa shape index (κ1) is 19.9. The lowest BCUT2D eigenvalue weighted by molar-refractivity contribution is -0.917. The average Bonchev–Trinajstić information content (AvgIpc) is 3.01. The fourth-order valence-corrected chi connectivity index (χ4v) is 3.43. The van der Waals surface area contributed by atoms with Crippen molar-refractivity contribution < 1.29 is 9.69 Å². The second-order valence-corrected chi connectivity index (χ2v) is 7.45. The topological polar surface area (TPSA) is 69.2 Å². The number of hydrogen-bond donors (Lipinski definition) is 2. The standard InChI is InChI=1S/C20H24N6OS/c1-14-9-15(2)11-18(10-14)26-20(28)25(22-23-26)13-24(4)12-16-5-7-17(8-6-16)19(27)21-3/h5-11H,12-13H2,1-4H3,(H,21,27)/p+1. The highest BCUT2D eigenvalue weighted by Gasteiger charge is 2.12. The van der Waals surface area contributed by atoms with Crippen LogP contribution in [0.3, 0.4) is 0 Å². The Hall–Kier alpha value is -2.84. The zero-order valence-corrected chi connectivity index (χ0v) is 17.4. The predicted molar refractivity (Wildman–Crippen MR) is 110 cm³/mol. The summed E-state index contributed by atoms with van der Waals surface area (Å²) in [6, 6.07) is 13.8. The van der Waals surface area contributed by atoms with Gasteiger partial charge in [-0.25, -0.2) is 0 Å². The van der Waals surface area contributed by atoms with E-state index < -0.39 is 0 Å². The van der Waals surface area contributed by atoms with E-state index >= 15 is 0 Å². The lowest BCUT2D eigenvalue weighted by atomic mass is 10.1. The van der Waals surface area contributed by atoms with Crippen LogP contribution in [-0.4, -0.2) is 39.8 Å². The summed E-state index contributed by atoms with van der Waals surface area (Å²) in [7, 11) is 3.70. The molecule has 8 heteroatoms. The number of aryl methyl sites for hydroxylation is 2. The van der Waals surface area contributed by atoms with Crippen LogP contribution in [0.25, 0.3) is 5.69 Å². The van der Waals surface area contributed by atoms with Crippen LogP contribution < -0.4 is 10.2 Å². The molecule has 146 valence electrons. The van der Waals surface area contributed by atoms with Crippen LogP contribution in [0.2, 0.25) is 0 Å². The van der Waals surface area contributed by atoms with E-state index in [0.29, 0.717) is 17.0 Å². The number of rotatable bonds is 6. The van der Waals surface area contributed by atoms with Crippen molar-refractivity contribution in [1.29, 1.82) is 0 Å². The second kappa shape index (κ2) is 8.45. The van der Waals surface area contributed by atoms with Crippen molar-refractivity contribution >= 4 is 18.1 Å². The van der Waals surface area contributed by atoms with Gasteiger partial charge in [0.2, 0.25) is 4.77 Å². The highest BCUT2D eigenvalue weighted by atomic mass is 32.1. The van der Waals surface area contributed by atoms with Gasteiger partial charge in [-0.15, -0.1) is 0 Å². The summed E-state index contributed by atoms with van der Waals surface area (Å²) in [6.07, 6.45) is 0. The molecule has 7 nitrogen and oxygen atoms in total. The Balaban J connectivity index is 1.71. The third kappa shape index (κ3) is 4.52. The van der Waals surface area contributed by atoms with Crippen molar-refractivity contribution in [3.05, 3.63) is 69.5 Å². The van der Waals surface area contributed by atoms with E-state index in [9.17, 15) is 4.79 Å². The van der Waals surface area contributed by atoms with E-state index in [1.807, 2.05) is 36.4 Å². The third-order valence-electron chi connectivity index (χ3n) is 4.46. The fourth-order valence-electron chi connectivity index (χ4n) is 3.19. The van der Waals surface area contributed by atoms with Crippen LogP contribution in [0.4, 0.5) is 0 Å². The van der Waals surface area contributed by atoms with Crippen molar-refractivity contribution in [3.8, 4) is 5.69 Å². The van der Waals surface area contributed by atoms with E-state index in [4.69, 9.17) is 12.2 Å². The molecule has 1 atom stereocenters. The van der Waals surface area contributed by atoms with Gasteiger partial charge in [-0.2, -0.15) is 9.36 Å². The number of quaternary nitrogens is 1. The van der Waals surface area contributed by atoms with E-state index in [0.717, 1.165) is 28.9 Å². The van der Waals surface area contributed by atoms with E-state index in [1.165, 1.54) is 4.90 Å². The van der Waals surface area contributed by atoms with Gasteiger partial charge in [0.05, 0.1) is 12.7 Å². The summed E-state index contributed by atoms with van der Waals surface area (Å²) < 4.78 is 4.00. The van der Waals surface area contributed by atoms with Crippen molar-refractivity contribution in [2.75, 3.05) is 14.1 Å². The molecule has 0 aliphatic carbocycles. The Labute approximate surface area is 169 Å². The summed E-state index contributed by atoms with van der Waals surface area (Å²) in [5.41, 5.74) is 5.04. The average molecular weight is 398 g/mol. The summed E-state index contributed by atoms with van der Waals surface area (Å²) in [5.74, 6) is -0.0819. The van der Waals surface area contributed by atoms with Crippen LogP contribution in [-0.2, 0) is 13.2 Å². The number of tetrazole rings is 1. The highest BCUT2D eigenvalue weighted by molar-refractivity contribution is 7.71. The minimum Gasteiger partial charge on any atom is -0.355 e. The molecule has 0 fully saturated rings. The highest BCUT2D eigenvalue weighted by Crippen LogP contribution is 2.12. The van der Waals surface area contributed by atoms with Gasteiger partial charge in [-0.1, -0.05) is 18.2 Å². The smallest absolute Gasteiger partial charge is 0.251 e. The van der Waals surface area contributed by atoms with Gasteiger partial charge in [-0.3, -0.25) is 4.79 Å². The fraction of sp³-hybridized carbons (Fsp3) is 0.300. The van der Waals surface area contributed by atoms with Gasteiger partial charge >= 0.3 is 0 Å². The van der Waals surface area contributed by atoms with Crippen LogP contribution in [0.5, 0.6) is 0 Å². The monoisotopic (exact) mass is 397 g/mol. The molecule has 0 spiro atoms. The number of carbonyl (C=O) groups is 1. The van der Waals surface area contributed by atoms with Gasteiger partial charge in [-0.05, 0) is 71.9 Å². The molecule has 1 heterocycles. The van der Waals surface area contributed by atoms with Crippen LogP contribution >= 0.6 is 12.2 Å². The molecule has 0 aliphatic rings. The van der Waals surface area contributed by atoms with Crippen LogP contribution in [0.15, 0.2) is 42.5 Å². The Morgan fingerprint density at radius 1 is 1.11 bits per heavy atom. The molecule has 0 aliphatic heterocycles. The summed E-state index contributed by atoms with van der Waals surface area (Å²) in [6.45, 7) is 5.49. The number of nitrogens with zero attached hydrogens (tertiary/aromatic N) is 4. The van der Waals surface area contributed by atoms with Gasteiger partial charge < -0.3 is 10.2 Å². The first-order valence-electron chi connectivity index (χ1n) is 9.11. The molecule has 1 aromatic heterocycles. The maximum Gasteiger partial charge on any atom is 0.251 e. The molecule has 1 amide bonds. The molecule has 0 saturated heterocycles. The summed E-state index contributed by atoms with van der Waals surface area (Å²) >= 11 is 5.58. The molecule has 28 heavy (non-hydrogen) atoms. The lowest BCUT2D eigenvalue weighted by Crippen LogP contribution is -3.07. The number of nitrogens with one attached hydrogen (secondary N) is 2. The molecule has 2 aromatic carbocycles. The number of carbonyl (C=O) groups excluding carboxylic acids is 1. The minimum atomic E-state index is -0.0819. The number of hydrogen-bond acceptors (Lipinski definition) is 4. The Morgan fingerprint density at radius 3 is 2.36 bits per heavy atom. The summed E-state index contributed by atoms with van der Waals surface area (Å²) in [4.78, 5) is 12.8. The quantitative estimate of drug-likeness (QED) is 0.618. The number of amides is 1. The molecule has 3 rings (SSSR count). The van der Waals surface area contributed by atoms with Crippen LogP contribution in [0.1, 0.15) is 27.0 Å². The normalized spacial score (nSPS) is 12.0. The predicted octanol–water partition coefficient (Wildman–Crippen LogP) is 1.45. The molecule has 2 N–H and O–H groups in total. The maximum absolute atomic E-state index is 11.6. The van der Waals surface area contributed by atoms with Crippen molar-refractivity contribution in [1.82, 2.24) is 25.1 Å². The Morgan fingerprint density at radius 2 is 1.75 bits per heavy atom. The molecule has 0 saturated carbocycles. The second-order valence-electron chi connectivity index (χ2n) is 7.09. The summed E-state index contributed by atoms with van der Waals surface area (Å²) in [5, 5.41) is 11.1. The van der Waals surface area contributed by atoms with E-state index in [1.54, 1.807) is 16.4 Å². The van der Waals surface area contributed by atoms with Crippen LogP contribution in [0, 0.1) is 18.6 Å². The van der Waals surface area contributed by atoms with Crippen molar-refractivity contribution in [2.45, 2.75) is 27.1 Å². The zero-order valence-electron chi connectivity index (χ0n) is 16.6. The zero-order chi connectivity index (χ0) is 20.3. The van der Waals surface area contributed by atoms with Crippen molar-refractivity contribution in [3.63, 3.8) is 0 Å². The molecule has 3 aromatic rings. The van der Waals surface area contributed by atoms with Gasteiger partial charge in [0, 0.05) is 18.2 Å². The first-order chi connectivity index (χ1) is 13.4. The van der Waals surface area contributed by atoms with Gasteiger partial charge in [0.25, 0.3) is 5.91 Å². The maximum atomic E-state index is 11.6. The van der Waals surface area contributed by atoms with Gasteiger partial charge in [0.1, 0.15) is 6.54 Å². The Kier molecular flexibility index (Phi) is 6.01. The van der Waals surface area contributed by atoms with E-state index in [2.05, 4.69) is 42.7 Å². The molecule has 0 radical (unpaired) electrons. The largest absolute Gasteiger partial charge is 0.355 e. The molecule has 1 unspecified atom stereocenters. The van der Waals surface area contributed by atoms with E-state index in [-0.39, 0.29) is 5.91 Å². The molecule has 0 bridgehead atoms. The van der Waals surface area contributed by atoms with Crippen molar-refractivity contribution in [2.24, 2.45) is 0 Å². The Bertz CT molecular complexity index is 1020. The molecular formula is C20H25N6OS+.